The highest BCUT2D eigenvalue weighted by Crippen LogP contribution is 2.26. The van der Waals surface area contributed by atoms with Crippen LogP contribution in [-0.2, 0) is 22.4 Å². The molecule has 1 amide bonds. The number of hydrogen-bond acceptors (Lipinski definition) is 4. The van der Waals surface area contributed by atoms with Crippen LogP contribution in [0.25, 0.3) is 10.6 Å². The summed E-state index contributed by atoms with van der Waals surface area (Å²) >= 11 is 1.48. The molecule has 3 rings (SSSR count). The minimum Gasteiger partial charge on any atom is -0.480 e. The van der Waals surface area contributed by atoms with Crippen molar-refractivity contribution in [3.05, 3.63) is 76.8 Å². The number of carbonyl (C=O) groups excluding carboxylic acids is 1. The van der Waals surface area contributed by atoms with Crippen molar-refractivity contribution in [3.8, 4) is 10.6 Å². The molecule has 0 aliphatic heterocycles. The van der Waals surface area contributed by atoms with Crippen molar-refractivity contribution >= 4 is 23.2 Å². The summed E-state index contributed by atoms with van der Waals surface area (Å²) in [4.78, 5) is 28.4. The Hall–Kier alpha value is -2.99. The molecule has 3 aromatic rings. The number of thiazole rings is 1. The second-order valence-electron chi connectivity index (χ2n) is 7.25. The maximum absolute atomic E-state index is 12.4. The first-order chi connectivity index (χ1) is 13.9. The largest absolute Gasteiger partial charge is 0.480 e. The van der Waals surface area contributed by atoms with Gasteiger partial charge in [-0.2, -0.15) is 0 Å². The number of benzene rings is 2. The number of nitrogens with one attached hydrogen (secondary N) is 1. The van der Waals surface area contributed by atoms with Crippen LogP contribution in [0.4, 0.5) is 0 Å². The monoisotopic (exact) mass is 408 g/mol. The van der Waals surface area contributed by atoms with Gasteiger partial charge in [-0.15, -0.1) is 11.3 Å². The maximum atomic E-state index is 12.4. The summed E-state index contributed by atoms with van der Waals surface area (Å²) in [6.45, 7) is 4.30. The fourth-order valence-corrected chi connectivity index (χ4v) is 3.82. The minimum absolute atomic E-state index is 0.0547. The fourth-order valence-electron chi connectivity index (χ4n) is 2.99. The molecule has 0 aliphatic rings. The third-order valence-electron chi connectivity index (χ3n) is 4.63. The normalized spacial score (nSPS) is 12.0. The molecule has 2 aromatic carbocycles. The molecule has 0 bridgehead atoms. The lowest BCUT2D eigenvalue weighted by atomic mass is 10.0. The summed E-state index contributed by atoms with van der Waals surface area (Å²) in [7, 11) is 0. The predicted molar refractivity (Wildman–Crippen MR) is 115 cm³/mol. The highest BCUT2D eigenvalue weighted by Gasteiger charge is 2.21. The number of carboxylic acid groups (broad SMARTS) is 1. The second-order valence-corrected chi connectivity index (χ2v) is 8.10. The Kier molecular flexibility index (Phi) is 6.77. The number of rotatable bonds is 8. The number of amides is 1. The summed E-state index contributed by atoms with van der Waals surface area (Å²) in [6.07, 6.45) is 0.297. The molecule has 0 saturated heterocycles. The summed E-state index contributed by atoms with van der Waals surface area (Å²) < 4.78 is 0. The van der Waals surface area contributed by atoms with E-state index < -0.39 is 12.0 Å². The SMILES string of the molecule is CC(C)c1ccc(-c2nc(CC(=O)N[C@H](Cc3ccccc3)C(=O)O)cs2)cc1. The summed E-state index contributed by atoms with van der Waals surface area (Å²) in [5, 5.41) is 14.7. The molecule has 0 spiro atoms. The van der Waals surface area contributed by atoms with Gasteiger partial charge in [-0.3, -0.25) is 4.79 Å². The number of hydrogen-bond donors (Lipinski definition) is 2. The van der Waals surface area contributed by atoms with E-state index in [0.29, 0.717) is 11.6 Å². The Morgan fingerprint density at radius 2 is 1.76 bits per heavy atom. The van der Waals surface area contributed by atoms with E-state index in [4.69, 9.17) is 0 Å². The van der Waals surface area contributed by atoms with Crippen LogP contribution in [0.1, 0.15) is 36.6 Å². The van der Waals surface area contributed by atoms with Gasteiger partial charge in [0.1, 0.15) is 11.0 Å². The highest BCUT2D eigenvalue weighted by molar-refractivity contribution is 7.13. The van der Waals surface area contributed by atoms with Crippen molar-refractivity contribution in [2.24, 2.45) is 0 Å². The van der Waals surface area contributed by atoms with Crippen LogP contribution in [0.2, 0.25) is 0 Å². The average Bonchev–Trinajstić information content (AvgIpc) is 3.16. The van der Waals surface area contributed by atoms with Gasteiger partial charge in [-0.25, -0.2) is 9.78 Å². The number of nitrogens with zero attached hydrogens (tertiary/aromatic N) is 1. The molecule has 0 radical (unpaired) electrons. The molecule has 1 atom stereocenters. The van der Waals surface area contributed by atoms with Gasteiger partial charge in [-0.1, -0.05) is 68.4 Å². The topological polar surface area (TPSA) is 79.3 Å². The molecule has 0 aliphatic carbocycles. The van der Waals surface area contributed by atoms with Crippen LogP contribution in [0.5, 0.6) is 0 Å². The standard InChI is InChI=1S/C23H24N2O3S/c1-15(2)17-8-10-18(11-9-17)22-24-19(14-29-22)13-21(26)25-20(23(27)28)12-16-6-4-3-5-7-16/h3-11,14-15,20H,12-13H2,1-2H3,(H,25,26)(H,27,28)/t20-/m1/s1. The first kappa shape index (κ1) is 20.7. The van der Waals surface area contributed by atoms with E-state index in [-0.39, 0.29) is 18.7 Å². The Labute approximate surface area is 174 Å². The number of carbonyl (C=O) groups is 2. The van der Waals surface area contributed by atoms with Gasteiger partial charge in [0.05, 0.1) is 12.1 Å². The predicted octanol–water partition coefficient (Wildman–Crippen LogP) is 4.29. The Balaban J connectivity index is 1.62. The van der Waals surface area contributed by atoms with Crippen LogP contribution in [-0.4, -0.2) is 28.0 Å². The number of carboxylic acids is 1. The third kappa shape index (κ3) is 5.74. The number of aromatic nitrogens is 1. The van der Waals surface area contributed by atoms with Gasteiger partial charge in [0.15, 0.2) is 0 Å². The van der Waals surface area contributed by atoms with E-state index in [1.165, 1.54) is 16.9 Å². The van der Waals surface area contributed by atoms with Crippen LogP contribution < -0.4 is 5.32 Å². The lowest BCUT2D eigenvalue weighted by Crippen LogP contribution is -2.43. The molecule has 6 heteroatoms. The molecule has 1 heterocycles. The van der Waals surface area contributed by atoms with Crippen molar-refractivity contribution in [2.75, 3.05) is 0 Å². The molecule has 2 N–H and O–H groups in total. The van der Waals surface area contributed by atoms with E-state index in [9.17, 15) is 14.7 Å². The second kappa shape index (κ2) is 9.47. The maximum Gasteiger partial charge on any atom is 0.326 e. The van der Waals surface area contributed by atoms with E-state index >= 15 is 0 Å². The van der Waals surface area contributed by atoms with E-state index in [2.05, 4.69) is 36.3 Å². The molecular formula is C23H24N2O3S. The molecule has 1 aromatic heterocycles. The van der Waals surface area contributed by atoms with E-state index in [1.54, 1.807) is 0 Å². The van der Waals surface area contributed by atoms with Gasteiger partial charge >= 0.3 is 5.97 Å². The summed E-state index contributed by atoms with van der Waals surface area (Å²) in [6, 6.07) is 16.6. The Morgan fingerprint density at radius 3 is 2.38 bits per heavy atom. The van der Waals surface area contributed by atoms with Crippen LogP contribution in [0, 0.1) is 0 Å². The molecular weight excluding hydrogens is 384 g/mol. The number of aliphatic carboxylic acids is 1. The molecule has 5 nitrogen and oxygen atoms in total. The fraction of sp³-hybridized carbons (Fsp3) is 0.261. The first-order valence-corrected chi connectivity index (χ1v) is 10.4. The quantitative estimate of drug-likeness (QED) is 0.583. The zero-order valence-corrected chi connectivity index (χ0v) is 17.3. The molecule has 0 saturated carbocycles. The van der Waals surface area contributed by atoms with Gasteiger partial charge in [0.2, 0.25) is 5.91 Å². The van der Waals surface area contributed by atoms with Gasteiger partial charge in [-0.05, 0) is 17.0 Å². The van der Waals surface area contributed by atoms with Gasteiger partial charge in [0, 0.05) is 17.4 Å². The summed E-state index contributed by atoms with van der Waals surface area (Å²) in [5.41, 5.74) is 3.78. The van der Waals surface area contributed by atoms with E-state index in [0.717, 1.165) is 16.1 Å². The lowest BCUT2D eigenvalue weighted by Gasteiger charge is -2.14. The van der Waals surface area contributed by atoms with Gasteiger partial charge < -0.3 is 10.4 Å². The minimum atomic E-state index is -1.05. The zero-order valence-electron chi connectivity index (χ0n) is 16.5. The third-order valence-corrected chi connectivity index (χ3v) is 5.57. The Bertz CT molecular complexity index is 965. The molecule has 0 unspecified atom stereocenters. The highest BCUT2D eigenvalue weighted by atomic mass is 32.1. The van der Waals surface area contributed by atoms with Crippen molar-refractivity contribution in [1.82, 2.24) is 10.3 Å². The lowest BCUT2D eigenvalue weighted by molar-refractivity contribution is -0.141. The van der Waals surface area contributed by atoms with Crippen molar-refractivity contribution < 1.29 is 14.7 Å². The van der Waals surface area contributed by atoms with Crippen LogP contribution in [0.15, 0.2) is 60.0 Å². The van der Waals surface area contributed by atoms with Gasteiger partial charge in [0.25, 0.3) is 0 Å². The summed E-state index contributed by atoms with van der Waals surface area (Å²) in [5.74, 6) is -0.926. The average molecular weight is 409 g/mol. The van der Waals surface area contributed by atoms with Crippen molar-refractivity contribution in [1.29, 1.82) is 0 Å². The zero-order chi connectivity index (χ0) is 20.8. The van der Waals surface area contributed by atoms with Crippen molar-refractivity contribution in [3.63, 3.8) is 0 Å². The van der Waals surface area contributed by atoms with E-state index in [1.807, 2.05) is 47.8 Å². The molecule has 150 valence electrons. The Morgan fingerprint density at radius 1 is 1.07 bits per heavy atom. The van der Waals surface area contributed by atoms with Crippen LogP contribution >= 0.6 is 11.3 Å². The molecule has 0 fully saturated rings. The molecule has 29 heavy (non-hydrogen) atoms. The van der Waals surface area contributed by atoms with Crippen molar-refractivity contribution in [2.45, 2.75) is 38.6 Å². The smallest absolute Gasteiger partial charge is 0.326 e. The first-order valence-electron chi connectivity index (χ1n) is 9.53. The van der Waals surface area contributed by atoms with Crippen LogP contribution in [0.3, 0.4) is 0 Å².